The van der Waals surface area contributed by atoms with Crippen molar-refractivity contribution in [3.63, 3.8) is 0 Å². The van der Waals surface area contributed by atoms with Crippen LogP contribution in [0.4, 0.5) is 0 Å². The molecule has 1 aliphatic carbocycles. The lowest BCUT2D eigenvalue weighted by Gasteiger charge is -2.18. The Labute approximate surface area is 87.9 Å². The summed E-state index contributed by atoms with van der Waals surface area (Å²) in [5.41, 5.74) is 4.52. The molecule has 82 valence electrons. The number of allylic oxidation sites excluding steroid dienone is 1. The zero-order chi connectivity index (χ0) is 10.2. The van der Waals surface area contributed by atoms with Gasteiger partial charge in [-0.05, 0) is 32.1 Å². The van der Waals surface area contributed by atoms with E-state index in [0.29, 0.717) is 6.04 Å². The second-order valence-corrected chi connectivity index (χ2v) is 4.24. The minimum atomic E-state index is 0.438. The molecule has 0 radical (unpaired) electrons. The van der Waals surface area contributed by atoms with E-state index in [2.05, 4.69) is 18.4 Å². The highest BCUT2D eigenvalue weighted by molar-refractivity contribution is 5.11. The molecule has 3 N–H and O–H groups in total. The summed E-state index contributed by atoms with van der Waals surface area (Å²) in [5.74, 6) is 5.60. The zero-order valence-electron chi connectivity index (χ0n) is 9.39. The summed E-state index contributed by atoms with van der Waals surface area (Å²) in [4.78, 5) is 0. The minimum Gasteiger partial charge on any atom is -0.271 e. The molecule has 0 aliphatic heterocycles. The lowest BCUT2D eigenvalue weighted by Crippen LogP contribution is -2.36. The van der Waals surface area contributed by atoms with Gasteiger partial charge in [0.15, 0.2) is 0 Å². The summed E-state index contributed by atoms with van der Waals surface area (Å²) in [6.45, 7) is 2.23. The normalized spacial score (nSPS) is 20.0. The van der Waals surface area contributed by atoms with Gasteiger partial charge in [0.25, 0.3) is 0 Å². The molecule has 14 heavy (non-hydrogen) atoms. The maximum Gasteiger partial charge on any atom is 0.0419 e. The number of hydrogen-bond acceptors (Lipinski definition) is 2. The van der Waals surface area contributed by atoms with Crippen molar-refractivity contribution in [1.82, 2.24) is 5.43 Å². The Kier molecular flexibility index (Phi) is 5.88. The van der Waals surface area contributed by atoms with E-state index >= 15 is 0 Å². The van der Waals surface area contributed by atoms with Crippen LogP contribution in [-0.2, 0) is 0 Å². The maximum absolute atomic E-state index is 5.60. The molecule has 0 saturated carbocycles. The Morgan fingerprint density at radius 3 is 3.00 bits per heavy atom. The van der Waals surface area contributed by atoms with Gasteiger partial charge < -0.3 is 0 Å². The highest BCUT2D eigenvalue weighted by atomic mass is 15.2. The molecule has 0 spiro atoms. The van der Waals surface area contributed by atoms with Crippen molar-refractivity contribution >= 4 is 0 Å². The molecule has 1 unspecified atom stereocenters. The molecule has 0 heterocycles. The quantitative estimate of drug-likeness (QED) is 0.403. The molecular weight excluding hydrogens is 172 g/mol. The van der Waals surface area contributed by atoms with Crippen LogP contribution in [0.5, 0.6) is 0 Å². The largest absolute Gasteiger partial charge is 0.271 e. The van der Waals surface area contributed by atoms with E-state index in [0.717, 1.165) is 0 Å². The topological polar surface area (TPSA) is 38.0 Å². The van der Waals surface area contributed by atoms with Crippen LogP contribution in [0.25, 0.3) is 0 Å². The van der Waals surface area contributed by atoms with Gasteiger partial charge in [0.1, 0.15) is 0 Å². The molecule has 0 amide bonds. The highest BCUT2D eigenvalue weighted by Crippen LogP contribution is 2.21. The van der Waals surface area contributed by atoms with Crippen molar-refractivity contribution in [2.75, 3.05) is 0 Å². The van der Waals surface area contributed by atoms with E-state index in [-0.39, 0.29) is 0 Å². The van der Waals surface area contributed by atoms with E-state index in [4.69, 9.17) is 5.84 Å². The summed E-state index contributed by atoms with van der Waals surface area (Å²) >= 11 is 0. The molecule has 0 aromatic carbocycles. The van der Waals surface area contributed by atoms with E-state index in [1.54, 1.807) is 5.57 Å². The number of hydrazine groups is 1. The third-order valence-electron chi connectivity index (χ3n) is 3.07. The number of unbranched alkanes of at least 4 members (excludes halogenated alkanes) is 1. The van der Waals surface area contributed by atoms with Gasteiger partial charge in [-0.15, -0.1) is 0 Å². The van der Waals surface area contributed by atoms with Gasteiger partial charge in [-0.1, -0.05) is 37.8 Å². The maximum atomic E-state index is 5.60. The molecule has 0 saturated heterocycles. The van der Waals surface area contributed by atoms with Crippen molar-refractivity contribution in [1.29, 1.82) is 0 Å². The SMILES string of the molecule is CCCCC(NN)C1=CCCCCC1. The van der Waals surface area contributed by atoms with Crippen molar-refractivity contribution < 1.29 is 0 Å². The van der Waals surface area contributed by atoms with Crippen LogP contribution in [0.15, 0.2) is 11.6 Å². The number of nitrogens with two attached hydrogens (primary N) is 1. The lowest BCUT2D eigenvalue weighted by molar-refractivity contribution is 0.512. The second kappa shape index (κ2) is 7.02. The molecule has 0 bridgehead atoms. The smallest absolute Gasteiger partial charge is 0.0419 e. The van der Waals surface area contributed by atoms with Gasteiger partial charge in [0.2, 0.25) is 0 Å². The molecule has 1 aliphatic rings. The third kappa shape index (κ3) is 3.81. The van der Waals surface area contributed by atoms with Crippen LogP contribution in [0, 0.1) is 0 Å². The first-order valence-electron chi connectivity index (χ1n) is 6.03. The summed E-state index contributed by atoms with van der Waals surface area (Å²) < 4.78 is 0. The van der Waals surface area contributed by atoms with Gasteiger partial charge >= 0.3 is 0 Å². The number of nitrogens with one attached hydrogen (secondary N) is 1. The minimum absolute atomic E-state index is 0.438. The fraction of sp³-hybridized carbons (Fsp3) is 0.833. The monoisotopic (exact) mass is 196 g/mol. The van der Waals surface area contributed by atoms with Crippen LogP contribution in [-0.4, -0.2) is 6.04 Å². The second-order valence-electron chi connectivity index (χ2n) is 4.24. The lowest BCUT2D eigenvalue weighted by atomic mass is 9.98. The number of hydrogen-bond donors (Lipinski definition) is 2. The molecule has 1 atom stereocenters. The summed E-state index contributed by atoms with van der Waals surface area (Å²) in [5, 5.41) is 0. The third-order valence-corrected chi connectivity index (χ3v) is 3.07. The van der Waals surface area contributed by atoms with Crippen molar-refractivity contribution in [2.45, 2.75) is 64.3 Å². The standard InChI is InChI=1S/C12H24N2/c1-2-3-10-12(14-13)11-8-6-4-5-7-9-11/h8,12,14H,2-7,9-10,13H2,1H3. The van der Waals surface area contributed by atoms with Crippen molar-refractivity contribution in [3.8, 4) is 0 Å². The van der Waals surface area contributed by atoms with Crippen LogP contribution in [0.3, 0.4) is 0 Å². The van der Waals surface area contributed by atoms with Gasteiger partial charge in [0, 0.05) is 6.04 Å². The van der Waals surface area contributed by atoms with Crippen molar-refractivity contribution in [2.24, 2.45) is 5.84 Å². The molecule has 0 aromatic rings. The fourth-order valence-electron chi connectivity index (χ4n) is 2.14. The summed E-state index contributed by atoms with van der Waals surface area (Å²) in [7, 11) is 0. The first-order chi connectivity index (χ1) is 6.88. The highest BCUT2D eigenvalue weighted by Gasteiger charge is 2.13. The Hall–Kier alpha value is -0.340. The van der Waals surface area contributed by atoms with E-state index in [1.807, 2.05) is 0 Å². The summed E-state index contributed by atoms with van der Waals surface area (Å²) in [6, 6.07) is 0.438. The predicted molar refractivity (Wildman–Crippen MR) is 61.8 cm³/mol. The Morgan fingerprint density at radius 1 is 1.43 bits per heavy atom. The molecule has 0 aromatic heterocycles. The van der Waals surface area contributed by atoms with Gasteiger partial charge in [-0.3, -0.25) is 11.3 Å². The first kappa shape index (κ1) is 11.7. The zero-order valence-corrected chi connectivity index (χ0v) is 9.39. The first-order valence-corrected chi connectivity index (χ1v) is 6.03. The van der Waals surface area contributed by atoms with Crippen molar-refractivity contribution in [3.05, 3.63) is 11.6 Å². The van der Waals surface area contributed by atoms with E-state index in [9.17, 15) is 0 Å². The van der Waals surface area contributed by atoms with Gasteiger partial charge in [-0.25, -0.2) is 0 Å². The van der Waals surface area contributed by atoms with Crippen LogP contribution in [0.2, 0.25) is 0 Å². The van der Waals surface area contributed by atoms with Gasteiger partial charge in [0.05, 0.1) is 0 Å². The molecular formula is C12H24N2. The molecule has 2 nitrogen and oxygen atoms in total. The Balaban J connectivity index is 2.44. The average molecular weight is 196 g/mol. The Bertz CT molecular complexity index is 175. The van der Waals surface area contributed by atoms with E-state index < -0.39 is 0 Å². The molecule has 0 fully saturated rings. The van der Waals surface area contributed by atoms with Crippen LogP contribution in [0.1, 0.15) is 58.3 Å². The summed E-state index contributed by atoms with van der Waals surface area (Å²) in [6.07, 6.45) is 12.7. The average Bonchev–Trinajstić information content (AvgIpc) is 2.48. The fourth-order valence-corrected chi connectivity index (χ4v) is 2.14. The van der Waals surface area contributed by atoms with E-state index in [1.165, 1.54) is 51.4 Å². The Morgan fingerprint density at radius 2 is 2.29 bits per heavy atom. The van der Waals surface area contributed by atoms with Gasteiger partial charge in [-0.2, -0.15) is 0 Å². The number of rotatable bonds is 5. The van der Waals surface area contributed by atoms with Crippen LogP contribution >= 0.6 is 0 Å². The van der Waals surface area contributed by atoms with Crippen LogP contribution < -0.4 is 11.3 Å². The molecule has 1 rings (SSSR count). The predicted octanol–water partition coefficient (Wildman–Crippen LogP) is 2.90. The molecule has 2 heteroatoms.